The first-order chi connectivity index (χ1) is 9.15. The van der Waals surface area contributed by atoms with E-state index in [1.54, 1.807) is 0 Å². The summed E-state index contributed by atoms with van der Waals surface area (Å²) in [5.74, 6) is 0. The van der Waals surface area contributed by atoms with Crippen molar-refractivity contribution in [2.24, 2.45) is 7.05 Å². The number of rotatable bonds is 5. The van der Waals surface area contributed by atoms with Gasteiger partial charge in [0.1, 0.15) is 0 Å². The third-order valence-electron chi connectivity index (χ3n) is 3.12. The van der Waals surface area contributed by atoms with Crippen molar-refractivity contribution in [2.45, 2.75) is 26.3 Å². The topological polar surface area (TPSA) is 29.9 Å². The fourth-order valence-electron chi connectivity index (χ4n) is 2.27. The van der Waals surface area contributed by atoms with Crippen LogP contribution in [0.25, 0.3) is 11.1 Å². The minimum Gasteiger partial charge on any atom is -0.316 e. The van der Waals surface area contributed by atoms with Crippen LogP contribution in [0.1, 0.15) is 24.6 Å². The number of hydrogen-bond acceptors (Lipinski definition) is 2. The monoisotopic (exact) mass is 277 g/mol. The van der Waals surface area contributed by atoms with E-state index in [0.717, 1.165) is 35.7 Å². The smallest absolute Gasteiger partial charge is 0.0702 e. The van der Waals surface area contributed by atoms with E-state index < -0.39 is 0 Å². The summed E-state index contributed by atoms with van der Waals surface area (Å²) >= 11 is 6.21. The van der Waals surface area contributed by atoms with Crippen molar-refractivity contribution in [3.63, 3.8) is 0 Å². The Kier molecular flexibility index (Phi) is 4.61. The Morgan fingerprint density at radius 2 is 2.16 bits per heavy atom. The number of halogens is 1. The van der Waals surface area contributed by atoms with Gasteiger partial charge in [-0.2, -0.15) is 5.10 Å². The van der Waals surface area contributed by atoms with E-state index in [1.165, 1.54) is 11.1 Å². The minimum atomic E-state index is 0.774. The van der Waals surface area contributed by atoms with Crippen molar-refractivity contribution in [3.05, 3.63) is 40.7 Å². The molecule has 2 aromatic rings. The molecule has 0 fully saturated rings. The molecule has 0 atom stereocenters. The molecule has 0 aliphatic heterocycles. The average molecular weight is 278 g/mol. The molecular formula is C15H20ClN3. The van der Waals surface area contributed by atoms with Crippen LogP contribution in [0.5, 0.6) is 0 Å². The maximum Gasteiger partial charge on any atom is 0.0702 e. The highest BCUT2D eigenvalue weighted by molar-refractivity contribution is 6.31. The summed E-state index contributed by atoms with van der Waals surface area (Å²) in [6.07, 6.45) is 4.18. The zero-order chi connectivity index (χ0) is 13.8. The normalized spacial score (nSPS) is 10.9. The van der Waals surface area contributed by atoms with Gasteiger partial charge in [-0.3, -0.25) is 4.68 Å². The van der Waals surface area contributed by atoms with Crippen LogP contribution < -0.4 is 5.32 Å². The van der Waals surface area contributed by atoms with Gasteiger partial charge in [-0.15, -0.1) is 0 Å². The molecule has 1 heterocycles. The van der Waals surface area contributed by atoms with Crippen LogP contribution in [0.15, 0.2) is 24.4 Å². The number of aryl methyl sites for hydroxylation is 2. The molecule has 1 N–H and O–H groups in total. The molecule has 0 spiro atoms. The zero-order valence-electron chi connectivity index (χ0n) is 11.7. The maximum atomic E-state index is 6.21. The number of nitrogens with one attached hydrogen (secondary N) is 1. The summed E-state index contributed by atoms with van der Waals surface area (Å²) in [6.45, 7) is 2.95. The molecule has 3 nitrogen and oxygen atoms in total. The summed E-state index contributed by atoms with van der Waals surface area (Å²) in [4.78, 5) is 0. The van der Waals surface area contributed by atoms with Gasteiger partial charge in [0.15, 0.2) is 0 Å². The van der Waals surface area contributed by atoms with Crippen LogP contribution >= 0.6 is 11.6 Å². The lowest BCUT2D eigenvalue weighted by Crippen LogP contribution is -2.05. The fraction of sp³-hybridized carbons (Fsp3) is 0.400. The van der Waals surface area contributed by atoms with E-state index in [2.05, 4.69) is 35.7 Å². The van der Waals surface area contributed by atoms with E-state index >= 15 is 0 Å². The van der Waals surface area contributed by atoms with Gasteiger partial charge in [-0.1, -0.05) is 31.0 Å². The maximum absolute atomic E-state index is 6.21. The number of aromatic nitrogens is 2. The molecule has 0 radical (unpaired) electrons. The van der Waals surface area contributed by atoms with Crippen LogP contribution in [0.4, 0.5) is 0 Å². The van der Waals surface area contributed by atoms with Gasteiger partial charge in [0, 0.05) is 30.4 Å². The second-order valence-electron chi connectivity index (χ2n) is 4.75. The first-order valence-electron chi connectivity index (χ1n) is 6.61. The lowest BCUT2D eigenvalue weighted by molar-refractivity contribution is 0.733. The molecule has 102 valence electrons. The van der Waals surface area contributed by atoms with Crippen molar-refractivity contribution in [1.29, 1.82) is 0 Å². The van der Waals surface area contributed by atoms with E-state index in [1.807, 2.05) is 24.8 Å². The highest BCUT2D eigenvalue weighted by Crippen LogP contribution is 2.28. The molecule has 1 aromatic heterocycles. The van der Waals surface area contributed by atoms with Crippen molar-refractivity contribution < 1.29 is 0 Å². The molecule has 0 amide bonds. The molecule has 1 aromatic carbocycles. The van der Waals surface area contributed by atoms with Crippen LogP contribution in [-0.2, 0) is 20.0 Å². The van der Waals surface area contributed by atoms with Gasteiger partial charge < -0.3 is 5.32 Å². The van der Waals surface area contributed by atoms with Crippen LogP contribution in [0, 0.1) is 0 Å². The highest BCUT2D eigenvalue weighted by Gasteiger charge is 2.11. The molecule has 19 heavy (non-hydrogen) atoms. The van der Waals surface area contributed by atoms with E-state index in [9.17, 15) is 0 Å². The van der Waals surface area contributed by atoms with Gasteiger partial charge in [0.05, 0.1) is 5.69 Å². The lowest BCUT2D eigenvalue weighted by Gasteiger charge is -2.07. The largest absolute Gasteiger partial charge is 0.316 e. The Labute approximate surface area is 119 Å². The first-order valence-corrected chi connectivity index (χ1v) is 6.99. The lowest BCUT2D eigenvalue weighted by atomic mass is 10.0. The second kappa shape index (κ2) is 6.22. The molecule has 0 saturated heterocycles. The third kappa shape index (κ3) is 3.17. The van der Waals surface area contributed by atoms with Gasteiger partial charge >= 0.3 is 0 Å². The highest BCUT2D eigenvalue weighted by atomic mass is 35.5. The summed E-state index contributed by atoms with van der Waals surface area (Å²) in [7, 11) is 3.89. The van der Waals surface area contributed by atoms with Crippen molar-refractivity contribution in [1.82, 2.24) is 15.1 Å². The molecule has 0 saturated carbocycles. The third-order valence-corrected chi connectivity index (χ3v) is 3.48. The summed E-state index contributed by atoms with van der Waals surface area (Å²) < 4.78 is 1.88. The second-order valence-corrected chi connectivity index (χ2v) is 5.16. The molecule has 2 rings (SSSR count). The number of nitrogens with zero attached hydrogens (tertiary/aromatic N) is 2. The molecule has 4 heteroatoms. The van der Waals surface area contributed by atoms with Crippen molar-refractivity contribution >= 4 is 11.6 Å². The fourth-order valence-corrected chi connectivity index (χ4v) is 2.45. The van der Waals surface area contributed by atoms with E-state index in [0.29, 0.717) is 0 Å². The minimum absolute atomic E-state index is 0.774. The molecule has 0 unspecified atom stereocenters. The van der Waals surface area contributed by atoms with E-state index in [-0.39, 0.29) is 0 Å². The Hall–Kier alpha value is -1.32. The summed E-state index contributed by atoms with van der Waals surface area (Å²) in [5, 5.41) is 8.49. The molecule has 0 bridgehead atoms. The standard InChI is InChI=1S/C15H20ClN3/c1-4-5-15-13(10-19(3)18-15)11-6-7-14(16)12(8-11)9-17-2/h6-8,10,17H,4-5,9H2,1-3H3. The number of hydrogen-bond donors (Lipinski definition) is 1. The van der Waals surface area contributed by atoms with Crippen LogP contribution in [0.2, 0.25) is 5.02 Å². The van der Waals surface area contributed by atoms with Crippen molar-refractivity contribution in [3.8, 4) is 11.1 Å². The van der Waals surface area contributed by atoms with Crippen molar-refractivity contribution in [2.75, 3.05) is 7.05 Å². The zero-order valence-corrected chi connectivity index (χ0v) is 12.5. The predicted molar refractivity (Wildman–Crippen MR) is 80.4 cm³/mol. The number of benzene rings is 1. The van der Waals surface area contributed by atoms with Gasteiger partial charge in [-0.25, -0.2) is 0 Å². The van der Waals surface area contributed by atoms with Gasteiger partial charge in [0.25, 0.3) is 0 Å². The Balaban J connectivity index is 2.43. The van der Waals surface area contributed by atoms with E-state index in [4.69, 9.17) is 11.6 Å². The Morgan fingerprint density at radius 3 is 2.84 bits per heavy atom. The molecule has 0 aliphatic carbocycles. The summed E-state index contributed by atoms with van der Waals surface area (Å²) in [6, 6.07) is 6.18. The Bertz CT molecular complexity index is 561. The molecular weight excluding hydrogens is 258 g/mol. The van der Waals surface area contributed by atoms with Gasteiger partial charge in [-0.05, 0) is 36.7 Å². The average Bonchev–Trinajstić information content (AvgIpc) is 2.74. The first kappa shape index (κ1) is 14.1. The quantitative estimate of drug-likeness (QED) is 0.908. The summed E-state index contributed by atoms with van der Waals surface area (Å²) in [5.41, 5.74) is 4.67. The predicted octanol–water partition coefficient (Wildman–Crippen LogP) is 3.41. The van der Waals surface area contributed by atoms with Crippen LogP contribution in [0.3, 0.4) is 0 Å². The van der Waals surface area contributed by atoms with Crippen LogP contribution in [-0.4, -0.2) is 16.8 Å². The Morgan fingerprint density at radius 1 is 1.37 bits per heavy atom. The SMILES string of the molecule is CCCc1nn(C)cc1-c1ccc(Cl)c(CNC)c1. The molecule has 0 aliphatic rings. The van der Waals surface area contributed by atoms with Gasteiger partial charge in [0.2, 0.25) is 0 Å².